The Morgan fingerprint density at radius 1 is 1.18 bits per heavy atom. The number of amides is 1. The molecule has 1 aromatic heterocycles. The van der Waals surface area contributed by atoms with Crippen molar-refractivity contribution in [2.24, 2.45) is 5.92 Å². The first-order valence-electron chi connectivity index (χ1n) is 12.1. The third-order valence-corrected chi connectivity index (χ3v) is 10.4. The standard InChI is InChI=1S/C25H35N3O4S2/c1-18(19-7-4-3-5-8-19)27-21-13-14-28(17-21)34(30,31)24-12-11-23(33-24)16-26-25(29)20-9-6-10-22(15-20)32-2/h6,9-12,15,18-19,21,27H,3-5,7-8,13-14,16-17H2,1-2H3,(H,26,29)/t18-,21?/m1/s1. The predicted molar refractivity (Wildman–Crippen MR) is 135 cm³/mol. The predicted octanol–water partition coefficient (Wildman–Crippen LogP) is 4.01. The van der Waals surface area contributed by atoms with E-state index in [4.69, 9.17) is 4.74 Å². The van der Waals surface area contributed by atoms with E-state index >= 15 is 0 Å². The van der Waals surface area contributed by atoms with Gasteiger partial charge in [-0.15, -0.1) is 11.3 Å². The zero-order valence-corrected chi connectivity index (χ0v) is 21.6. The highest BCUT2D eigenvalue weighted by Gasteiger charge is 2.34. The lowest BCUT2D eigenvalue weighted by atomic mass is 9.84. The number of carbonyl (C=O) groups is 1. The van der Waals surface area contributed by atoms with E-state index in [9.17, 15) is 13.2 Å². The molecule has 1 aliphatic heterocycles. The first kappa shape index (κ1) is 25.2. The largest absolute Gasteiger partial charge is 0.497 e. The highest BCUT2D eigenvalue weighted by Crippen LogP contribution is 2.30. The minimum Gasteiger partial charge on any atom is -0.497 e. The van der Waals surface area contributed by atoms with Gasteiger partial charge in [0.15, 0.2) is 0 Å². The fourth-order valence-corrected chi connectivity index (χ4v) is 7.93. The van der Waals surface area contributed by atoms with Crippen molar-refractivity contribution in [3.63, 3.8) is 0 Å². The zero-order chi connectivity index (χ0) is 24.1. The normalized spacial score (nSPS) is 20.8. The van der Waals surface area contributed by atoms with E-state index in [1.807, 2.05) is 0 Å². The van der Waals surface area contributed by atoms with Crippen LogP contribution in [0.2, 0.25) is 0 Å². The average Bonchev–Trinajstić information content (AvgIpc) is 3.54. The smallest absolute Gasteiger partial charge is 0.252 e. The van der Waals surface area contributed by atoms with E-state index in [0.717, 1.165) is 11.3 Å². The lowest BCUT2D eigenvalue weighted by molar-refractivity contribution is 0.0951. The van der Waals surface area contributed by atoms with Gasteiger partial charge >= 0.3 is 0 Å². The molecule has 2 heterocycles. The molecule has 2 aliphatic rings. The summed E-state index contributed by atoms with van der Waals surface area (Å²) in [6.45, 7) is 3.58. The first-order valence-corrected chi connectivity index (χ1v) is 14.4. The molecule has 1 amide bonds. The summed E-state index contributed by atoms with van der Waals surface area (Å²) in [4.78, 5) is 13.2. The second-order valence-electron chi connectivity index (χ2n) is 9.34. The summed E-state index contributed by atoms with van der Waals surface area (Å²) in [6, 6.07) is 11.0. The van der Waals surface area contributed by atoms with Crippen molar-refractivity contribution in [1.29, 1.82) is 0 Å². The van der Waals surface area contributed by atoms with Gasteiger partial charge in [-0.3, -0.25) is 4.79 Å². The van der Waals surface area contributed by atoms with E-state index in [1.165, 1.54) is 43.4 Å². The summed E-state index contributed by atoms with van der Waals surface area (Å²) in [5.41, 5.74) is 0.502. The second kappa shape index (κ2) is 11.2. The van der Waals surface area contributed by atoms with Gasteiger partial charge in [0.2, 0.25) is 0 Å². The summed E-state index contributed by atoms with van der Waals surface area (Å²) >= 11 is 1.22. The van der Waals surface area contributed by atoms with Gasteiger partial charge in [-0.05, 0) is 62.4 Å². The summed E-state index contributed by atoms with van der Waals surface area (Å²) in [6.07, 6.45) is 7.34. The first-order chi connectivity index (χ1) is 16.4. The fourth-order valence-electron chi connectivity index (χ4n) is 4.98. The number of ether oxygens (including phenoxy) is 1. The van der Waals surface area contributed by atoms with E-state index in [-0.39, 0.29) is 18.5 Å². The SMILES string of the molecule is COc1cccc(C(=O)NCc2ccc(S(=O)(=O)N3CCC(N[C@H](C)C4CCCCC4)C3)s2)c1. The van der Waals surface area contributed by atoms with Gasteiger partial charge in [0, 0.05) is 35.6 Å². The molecule has 2 atom stereocenters. The van der Waals surface area contributed by atoms with E-state index < -0.39 is 10.0 Å². The monoisotopic (exact) mass is 505 g/mol. The number of benzene rings is 1. The molecule has 7 nitrogen and oxygen atoms in total. The Bertz CT molecular complexity index is 1080. The second-order valence-corrected chi connectivity index (χ2v) is 12.7. The maximum absolute atomic E-state index is 13.2. The number of rotatable bonds is 9. The van der Waals surface area contributed by atoms with Gasteiger partial charge in [-0.25, -0.2) is 8.42 Å². The summed E-state index contributed by atoms with van der Waals surface area (Å²) in [5, 5.41) is 6.56. The third kappa shape index (κ3) is 6.00. The van der Waals surface area contributed by atoms with Crippen molar-refractivity contribution in [3.05, 3.63) is 46.8 Å². The van der Waals surface area contributed by atoms with Crippen LogP contribution in [0, 0.1) is 5.92 Å². The van der Waals surface area contributed by atoms with Gasteiger partial charge in [-0.2, -0.15) is 4.31 Å². The Hall–Kier alpha value is -1.94. The molecule has 9 heteroatoms. The van der Waals surface area contributed by atoms with E-state index in [1.54, 1.807) is 47.8 Å². The number of hydrogen-bond donors (Lipinski definition) is 2. The molecule has 1 saturated carbocycles. The molecule has 1 aromatic carbocycles. The van der Waals surface area contributed by atoms with Crippen LogP contribution in [0.4, 0.5) is 0 Å². The molecule has 4 rings (SSSR count). The highest BCUT2D eigenvalue weighted by atomic mass is 32.2. The van der Waals surface area contributed by atoms with Gasteiger partial charge < -0.3 is 15.4 Å². The fraction of sp³-hybridized carbons (Fsp3) is 0.560. The molecule has 2 aromatic rings. The topological polar surface area (TPSA) is 87.7 Å². The van der Waals surface area contributed by atoms with Crippen LogP contribution in [0.15, 0.2) is 40.6 Å². The van der Waals surface area contributed by atoms with Crippen molar-refractivity contribution in [1.82, 2.24) is 14.9 Å². The Labute approximate surface area is 206 Å². The molecule has 0 bridgehead atoms. The van der Waals surface area contributed by atoms with E-state index in [0.29, 0.717) is 40.6 Å². The van der Waals surface area contributed by atoms with Crippen LogP contribution in [0.25, 0.3) is 0 Å². The molecule has 1 unspecified atom stereocenters. The number of carbonyl (C=O) groups excluding carboxylic acids is 1. The summed E-state index contributed by atoms with van der Waals surface area (Å²) in [5.74, 6) is 1.09. The number of nitrogens with zero attached hydrogens (tertiary/aromatic N) is 1. The molecular weight excluding hydrogens is 470 g/mol. The maximum atomic E-state index is 13.2. The van der Waals surface area contributed by atoms with E-state index in [2.05, 4.69) is 17.6 Å². The summed E-state index contributed by atoms with van der Waals surface area (Å²) in [7, 11) is -1.97. The Morgan fingerprint density at radius 3 is 2.74 bits per heavy atom. The number of thiophene rings is 1. The quantitative estimate of drug-likeness (QED) is 0.538. The van der Waals surface area contributed by atoms with Crippen LogP contribution >= 0.6 is 11.3 Å². The molecule has 1 aliphatic carbocycles. The number of sulfonamides is 1. The minimum absolute atomic E-state index is 0.202. The van der Waals surface area contributed by atoms with Crippen LogP contribution in [0.1, 0.15) is 60.7 Å². The van der Waals surface area contributed by atoms with Crippen LogP contribution in [-0.4, -0.2) is 50.9 Å². The van der Waals surface area contributed by atoms with Gasteiger partial charge in [0.1, 0.15) is 9.96 Å². The van der Waals surface area contributed by atoms with Crippen LogP contribution in [0.3, 0.4) is 0 Å². The number of hydrogen-bond acceptors (Lipinski definition) is 6. The Balaban J connectivity index is 1.31. The molecule has 1 saturated heterocycles. The lowest BCUT2D eigenvalue weighted by Crippen LogP contribution is -2.43. The lowest BCUT2D eigenvalue weighted by Gasteiger charge is -2.30. The Morgan fingerprint density at radius 2 is 1.97 bits per heavy atom. The van der Waals surface area contributed by atoms with Gasteiger partial charge in [-0.1, -0.05) is 25.3 Å². The highest BCUT2D eigenvalue weighted by molar-refractivity contribution is 7.91. The molecule has 2 fully saturated rings. The van der Waals surface area contributed by atoms with Gasteiger partial charge in [0.25, 0.3) is 15.9 Å². The number of methoxy groups -OCH3 is 1. The van der Waals surface area contributed by atoms with Crippen LogP contribution in [-0.2, 0) is 16.6 Å². The average molecular weight is 506 g/mol. The maximum Gasteiger partial charge on any atom is 0.252 e. The van der Waals surface area contributed by atoms with Crippen LogP contribution < -0.4 is 15.4 Å². The van der Waals surface area contributed by atoms with Crippen molar-refractivity contribution < 1.29 is 17.9 Å². The van der Waals surface area contributed by atoms with Crippen molar-refractivity contribution in [3.8, 4) is 5.75 Å². The third-order valence-electron chi connectivity index (χ3n) is 6.99. The zero-order valence-electron chi connectivity index (χ0n) is 20.0. The minimum atomic E-state index is -3.53. The van der Waals surface area contributed by atoms with Gasteiger partial charge in [0.05, 0.1) is 13.7 Å². The molecule has 0 radical (unpaired) electrons. The molecule has 34 heavy (non-hydrogen) atoms. The molecule has 0 spiro atoms. The summed E-state index contributed by atoms with van der Waals surface area (Å²) < 4.78 is 33.5. The Kier molecular flexibility index (Phi) is 8.29. The molecular formula is C25H35N3O4S2. The number of nitrogens with one attached hydrogen (secondary N) is 2. The molecule has 2 N–H and O–H groups in total. The van der Waals surface area contributed by atoms with Crippen LogP contribution in [0.5, 0.6) is 5.75 Å². The van der Waals surface area contributed by atoms with Crippen molar-refractivity contribution >= 4 is 27.3 Å². The van der Waals surface area contributed by atoms with Crippen molar-refractivity contribution in [2.45, 2.75) is 68.3 Å². The van der Waals surface area contributed by atoms with Crippen molar-refractivity contribution in [2.75, 3.05) is 20.2 Å². The molecule has 186 valence electrons.